The molecule has 1 aliphatic heterocycles. The average Bonchev–Trinajstić information content (AvgIpc) is 3.63. The van der Waals surface area contributed by atoms with Crippen molar-refractivity contribution in [1.82, 2.24) is 34.3 Å². The maximum atomic E-state index is 14.4. The van der Waals surface area contributed by atoms with Gasteiger partial charge >= 0.3 is 0 Å². The molecule has 1 aliphatic rings. The summed E-state index contributed by atoms with van der Waals surface area (Å²) in [5, 5.41) is 19.6. The Morgan fingerprint density at radius 3 is 2.69 bits per heavy atom. The molecule has 1 fully saturated rings. The lowest BCUT2D eigenvalue weighted by Gasteiger charge is -2.36. The van der Waals surface area contributed by atoms with Crippen molar-refractivity contribution in [2.24, 2.45) is 0 Å². The van der Waals surface area contributed by atoms with Crippen LogP contribution >= 0.6 is 0 Å². The fourth-order valence-corrected chi connectivity index (χ4v) is 4.61. The van der Waals surface area contributed by atoms with Gasteiger partial charge in [-0.1, -0.05) is 6.07 Å². The molecule has 0 spiro atoms. The second-order valence-electron chi connectivity index (χ2n) is 8.94. The number of aliphatic hydroxyl groups is 1. The molecule has 36 heavy (non-hydrogen) atoms. The van der Waals surface area contributed by atoms with Crippen molar-refractivity contribution >= 4 is 28.3 Å². The van der Waals surface area contributed by atoms with Crippen LogP contribution in [0.2, 0.25) is 0 Å². The number of aliphatic hydroxyl groups excluding tert-OH is 1. The lowest BCUT2D eigenvalue weighted by Crippen LogP contribution is -2.47. The van der Waals surface area contributed by atoms with E-state index in [0.29, 0.717) is 53.8 Å². The number of furan rings is 1. The number of aromatic nitrogens is 6. The van der Waals surface area contributed by atoms with Gasteiger partial charge in [0.05, 0.1) is 36.2 Å². The lowest BCUT2D eigenvalue weighted by molar-refractivity contribution is 0.199. The molecule has 1 atom stereocenters. The van der Waals surface area contributed by atoms with Crippen LogP contribution < -0.4 is 10.6 Å². The van der Waals surface area contributed by atoms with Crippen LogP contribution in [0.15, 0.2) is 47.2 Å². The fourth-order valence-electron chi connectivity index (χ4n) is 4.61. The zero-order chi connectivity index (χ0) is 24.8. The summed E-state index contributed by atoms with van der Waals surface area (Å²) in [6, 6.07) is 8.36. The quantitative estimate of drug-likeness (QED) is 0.368. The first kappa shape index (κ1) is 22.4. The number of hydrogen-bond donors (Lipinski definition) is 2. The van der Waals surface area contributed by atoms with E-state index in [2.05, 4.69) is 25.1 Å². The Bertz CT molecular complexity index is 1520. The molecule has 1 aromatic carbocycles. The summed E-state index contributed by atoms with van der Waals surface area (Å²) in [5.74, 6) is 0.937. The Hall–Kier alpha value is -4.03. The number of benzene rings is 1. The van der Waals surface area contributed by atoms with Crippen LogP contribution in [-0.4, -0.2) is 72.1 Å². The molecule has 5 heterocycles. The van der Waals surface area contributed by atoms with Crippen LogP contribution in [0, 0.1) is 5.82 Å². The maximum absolute atomic E-state index is 14.4. The third-order valence-electron chi connectivity index (χ3n) is 6.63. The molecule has 0 amide bonds. The molecular formula is C24H26FN9O2. The molecule has 4 aromatic heterocycles. The molecule has 0 saturated carbocycles. The molecule has 0 radical (unpaired) electrons. The number of halogens is 1. The van der Waals surface area contributed by atoms with E-state index < -0.39 is 6.10 Å². The Kier molecular flexibility index (Phi) is 5.53. The van der Waals surface area contributed by atoms with Crippen LogP contribution in [0.4, 0.5) is 16.0 Å². The molecule has 0 aliphatic carbocycles. The van der Waals surface area contributed by atoms with Gasteiger partial charge in [-0.05, 0) is 36.8 Å². The molecule has 5 aromatic rings. The van der Waals surface area contributed by atoms with Crippen LogP contribution in [0.5, 0.6) is 0 Å². The highest BCUT2D eigenvalue weighted by Crippen LogP contribution is 2.26. The number of fused-ring (bicyclic) bond motifs is 3. The van der Waals surface area contributed by atoms with Crippen LogP contribution in [-0.2, 0) is 6.54 Å². The topological polar surface area (TPSA) is 127 Å². The third-order valence-corrected chi connectivity index (χ3v) is 6.63. The summed E-state index contributed by atoms with van der Waals surface area (Å²) in [4.78, 5) is 13.5. The number of rotatable bonds is 6. The first-order valence-electron chi connectivity index (χ1n) is 11.8. The standard InChI is InChI=1S/C24H26FN9O2/c1-15(35)16-4-5-18(25)19(13-16)32-9-6-31(7-10-32)8-11-33-22-17(14-27-33)23-28-21(20-3-2-12-36-20)30-34(23)24(26)29-22/h2-5,12-15,35H,6-11H2,1H3,(H2,26,29)/t15-/m0/s1. The van der Waals surface area contributed by atoms with Gasteiger partial charge in [-0.25, -0.2) is 14.1 Å². The molecular weight excluding hydrogens is 465 g/mol. The Morgan fingerprint density at radius 1 is 1.11 bits per heavy atom. The van der Waals surface area contributed by atoms with Crippen LogP contribution in [0.1, 0.15) is 18.6 Å². The largest absolute Gasteiger partial charge is 0.461 e. The highest BCUT2D eigenvalue weighted by molar-refractivity contribution is 5.90. The number of hydrogen-bond acceptors (Lipinski definition) is 9. The molecule has 3 N–H and O–H groups in total. The van der Waals surface area contributed by atoms with E-state index in [1.54, 1.807) is 43.6 Å². The van der Waals surface area contributed by atoms with Gasteiger partial charge in [0, 0.05) is 32.7 Å². The third kappa shape index (κ3) is 3.93. The number of nitrogens with two attached hydrogens (primary N) is 1. The highest BCUT2D eigenvalue weighted by atomic mass is 19.1. The predicted octanol–water partition coefficient (Wildman–Crippen LogP) is 2.33. The van der Waals surface area contributed by atoms with Crippen molar-refractivity contribution < 1.29 is 13.9 Å². The molecule has 11 nitrogen and oxygen atoms in total. The average molecular weight is 492 g/mol. The van der Waals surface area contributed by atoms with E-state index in [9.17, 15) is 9.50 Å². The van der Waals surface area contributed by atoms with Crippen LogP contribution in [0.3, 0.4) is 0 Å². The maximum Gasteiger partial charge on any atom is 0.225 e. The van der Waals surface area contributed by atoms with Crippen molar-refractivity contribution in [3.05, 3.63) is 54.2 Å². The Balaban J connectivity index is 1.15. The van der Waals surface area contributed by atoms with Crippen molar-refractivity contribution in [2.75, 3.05) is 43.4 Å². The minimum atomic E-state index is -0.632. The summed E-state index contributed by atoms with van der Waals surface area (Å²) in [7, 11) is 0. The summed E-state index contributed by atoms with van der Waals surface area (Å²) in [6.45, 7) is 6.03. The lowest BCUT2D eigenvalue weighted by atomic mass is 10.1. The molecule has 6 rings (SSSR count). The number of anilines is 2. The molecule has 186 valence electrons. The number of nitrogens with zero attached hydrogens (tertiary/aromatic N) is 8. The minimum Gasteiger partial charge on any atom is -0.461 e. The predicted molar refractivity (Wildman–Crippen MR) is 132 cm³/mol. The molecule has 0 unspecified atom stereocenters. The van der Waals surface area contributed by atoms with E-state index in [1.165, 1.54) is 10.6 Å². The normalized spacial score (nSPS) is 15.8. The van der Waals surface area contributed by atoms with Gasteiger partial charge in [0.15, 0.2) is 17.1 Å². The summed E-state index contributed by atoms with van der Waals surface area (Å²) in [5.41, 5.74) is 8.66. The van der Waals surface area contributed by atoms with E-state index in [-0.39, 0.29) is 11.8 Å². The van der Waals surface area contributed by atoms with Crippen molar-refractivity contribution in [2.45, 2.75) is 19.6 Å². The minimum absolute atomic E-state index is 0.222. The van der Waals surface area contributed by atoms with Gasteiger partial charge in [0.1, 0.15) is 5.82 Å². The molecule has 0 bridgehead atoms. The van der Waals surface area contributed by atoms with Crippen LogP contribution in [0.25, 0.3) is 28.3 Å². The van der Waals surface area contributed by atoms with Gasteiger partial charge in [0.2, 0.25) is 11.8 Å². The summed E-state index contributed by atoms with van der Waals surface area (Å²) in [6.07, 6.45) is 2.67. The van der Waals surface area contributed by atoms with Gasteiger partial charge in [-0.2, -0.15) is 14.6 Å². The second-order valence-corrected chi connectivity index (χ2v) is 8.94. The van der Waals surface area contributed by atoms with Gasteiger partial charge in [-0.15, -0.1) is 5.10 Å². The SMILES string of the molecule is C[C@H](O)c1ccc(F)c(N2CCN(CCn3ncc4c3nc(N)n3nc(-c5ccco5)nc43)CC2)c1. The number of piperazine rings is 1. The monoisotopic (exact) mass is 491 g/mol. The summed E-state index contributed by atoms with van der Waals surface area (Å²) < 4.78 is 23.2. The first-order chi connectivity index (χ1) is 17.5. The smallest absolute Gasteiger partial charge is 0.225 e. The second kappa shape index (κ2) is 8.88. The van der Waals surface area contributed by atoms with Crippen molar-refractivity contribution in [3.8, 4) is 11.6 Å². The first-order valence-corrected chi connectivity index (χ1v) is 11.8. The zero-order valence-corrected chi connectivity index (χ0v) is 19.7. The van der Waals surface area contributed by atoms with Gasteiger partial charge in [0.25, 0.3) is 0 Å². The Morgan fingerprint density at radius 2 is 1.94 bits per heavy atom. The zero-order valence-electron chi connectivity index (χ0n) is 19.7. The van der Waals surface area contributed by atoms with Gasteiger partial charge in [-0.3, -0.25) is 4.90 Å². The van der Waals surface area contributed by atoms with Crippen molar-refractivity contribution in [3.63, 3.8) is 0 Å². The summed E-state index contributed by atoms with van der Waals surface area (Å²) >= 11 is 0. The number of nitrogen functional groups attached to an aromatic ring is 1. The van der Waals surface area contributed by atoms with E-state index in [0.717, 1.165) is 25.0 Å². The van der Waals surface area contributed by atoms with Crippen molar-refractivity contribution in [1.29, 1.82) is 0 Å². The molecule has 1 saturated heterocycles. The van der Waals surface area contributed by atoms with Gasteiger partial charge < -0.3 is 20.2 Å². The highest BCUT2D eigenvalue weighted by Gasteiger charge is 2.22. The van der Waals surface area contributed by atoms with E-state index in [1.807, 2.05) is 9.58 Å². The van der Waals surface area contributed by atoms with E-state index in [4.69, 9.17) is 10.2 Å². The fraction of sp³-hybridized carbons (Fsp3) is 0.333. The van der Waals surface area contributed by atoms with E-state index >= 15 is 0 Å². The molecule has 12 heteroatoms. The Labute approximate surface area is 205 Å².